The minimum Gasteiger partial charge on any atom is -0.345 e. The van der Waals surface area contributed by atoms with Crippen molar-refractivity contribution in [2.45, 2.75) is 33.7 Å². The van der Waals surface area contributed by atoms with Gasteiger partial charge < -0.3 is 5.32 Å². The average molecular weight is 346 g/mol. The number of amides is 1. The van der Waals surface area contributed by atoms with Crippen LogP contribution in [0.5, 0.6) is 0 Å². The second-order valence-corrected chi connectivity index (χ2v) is 6.39. The Labute approximate surface area is 134 Å². The van der Waals surface area contributed by atoms with E-state index in [1.54, 1.807) is 0 Å². The molecule has 1 N–H and O–H groups in total. The summed E-state index contributed by atoms with van der Waals surface area (Å²) >= 11 is 3.44. The van der Waals surface area contributed by atoms with Gasteiger partial charge in [0, 0.05) is 4.47 Å². The Hall–Kier alpha value is -1.61. The van der Waals surface area contributed by atoms with Crippen molar-refractivity contribution >= 4 is 21.8 Å². The molecule has 110 valence electrons. The molecule has 0 saturated carbocycles. The first-order valence-electron chi connectivity index (χ1n) is 7.02. The molecule has 0 radical (unpaired) electrons. The number of nitrogens with one attached hydrogen (secondary N) is 1. The molecule has 1 unspecified atom stereocenters. The highest BCUT2D eigenvalue weighted by Gasteiger charge is 2.15. The molecule has 0 aromatic heterocycles. The number of hydrogen-bond donors (Lipinski definition) is 1. The lowest BCUT2D eigenvalue weighted by atomic mass is 10.00. The van der Waals surface area contributed by atoms with Gasteiger partial charge in [0.15, 0.2) is 0 Å². The molecule has 2 nitrogen and oxygen atoms in total. The third kappa shape index (κ3) is 3.73. The van der Waals surface area contributed by atoms with Crippen molar-refractivity contribution in [3.63, 3.8) is 0 Å². The zero-order chi connectivity index (χ0) is 15.6. The fourth-order valence-electron chi connectivity index (χ4n) is 2.48. The summed E-state index contributed by atoms with van der Waals surface area (Å²) in [6.45, 7) is 8.15. The summed E-state index contributed by atoms with van der Waals surface area (Å²) in [5.74, 6) is -0.0574. The smallest absolute Gasteiger partial charge is 0.252 e. The zero-order valence-corrected chi connectivity index (χ0v) is 14.4. The number of hydrogen-bond acceptors (Lipinski definition) is 1. The Morgan fingerprint density at radius 3 is 2.33 bits per heavy atom. The van der Waals surface area contributed by atoms with Crippen molar-refractivity contribution in [3.8, 4) is 0 Å². The van der Waals surface area contributed by atoms with Crippen LogP contribution in [0.1, 0.15) is 45.6 Å². The average Bonchev–Trinajstić information content (AvgIpc) is 2.41. The number of halogens is 1. The van der Waals surface area contributed by atoms with E-state index in [1.165, 1.54) is 11.1 Å². The highest BCUT2D eigenvalue weighted by atomic mass is 79.9. The van der Waals surface area contributed by atoms with E-state index in [0.29, 0.717) is 5.56 Å². The molecular weight excluding hydrogens is 326 g/mol. The molecule has 2 rings (SSSR count). The lowest BCUT2D eigenvalue weighted by Gasteiger charge is -2.18. The molecule has 2 aromatic carbocycles. The van der Waals surface area contributed by atoms with E-state index < -0.39 is 0 Å². The van der Waals surface area contributed by atoms with Crippen LogP contribution in [0, 0.1) is 20.8 Å². The van der Waals surface area contributed by atoms with Gasteiger partial charge in [-0.1, -0.05) is 35.4 Å². The number of carbonyl (C=O) groups excluding carboxylic acids is 1. The van der Waals surface area contributed by atoms with Crippen molar-refractivity contribution in [3.05, 3.63) is 68.7 Å². The van der Waals surface area contributed by atoms with Gasteiger partial charge in [0.05, 0.1) is 11.6 Å². The second kappa shape index (κ2) is 6.44. The van der Waals surface area contributed by atoms with Gasteiger partial charge in [-0.2, -0.15) is 0 Å². The normalized spacial score (nSPS) is 12.0. The largest absolute Gasteiger partial charge is 0.345 e. The molecule has 3 heteroatoms. The fourth-order valence-corrected chi connectivity index (χ4v) is 2.90. The Kier molecular flexibility index (Phi) is 4.84. The molecule has 0 aliphatic carbocycles. The summed E-state index contributed by atoms with van der Waals surface area (Å²) in [6, 6.07) is 12.1. The molecule has 0 saturated heterocycles. The van der Waals surface area contributed by atoms with Crippen LogP contribution in [0.25, 0.3) is 0 Å². The van der Waals surface area contributed by atoms with E-state index in [4.69, 9.17) is 0 Å². The van der Waals surface area contributed by atoms with E-state index >= 15 is 0 Å². The summed E-state index contributed by atoms with van der Waals surface area (Å²) in [7, 11) is 0. The first kappa shape index (κ1) is 15.8. The van der Waals surface area contributed by atoms with Gasteiger partial charge in [-0.05, 0) is 66.9 Å². The summed E-state index contributed by atoms with van der Waals surface area (Å²) in [5.41, 5.74) is 5.33. The van der Waals surface area contributed by atoms with Crippen LogP contribution in [-0.2, 0) is 0 Å². The molecule has 1 atom stereocenters. The monoisotopic (exact) mass is 345 g/mol. The maximum atomic E-state index is 12.4. The molecule has 0 aliphatic rings. The minimum atomic E-state index is -0.0574. The Bertz CT molecular complexity index is 679. The van der Waals surface area contributed by atoms with Gasteiger partial charge in [-0.3, -0.25) is 4.79 Å². The Morgan fingerprint density at radius 2 is 1.67 bits per heavy atom. The minimum absolute atomic E-state index is 0.0227. The van der Waals surface area contributed by atoms with Gasteiger partial charge in [0.2, 0.25) is 0 Å². The summed E-state index contributed by atoms with van der Waals surface area (Å²) in [6.07, 6.45) is 0. The van der Waals surface area contributed by atoms with Crippen LogP contribution < -0.4 is 5.32 Å². The maximum Gasteiger partial charge on any atom is 0.252 e. The molecule has 1 amide bonds. The van der Waals surface area contributed by atoms with Crippen molar-refractivity contribution in [1.29, 1.82) is 0 Å². The first-order valence-corrected chi connectivity index (χ1v) is 7.82. The van der Waals surface area contributed by atoms with E-state index in [9.17, 15) is 4.79 Å². The maximum absolute atomic E-state index is 12.4. The van der Waals surface area contributed by atoms with E-state index in [2.05, 4.69) is 53.3 Å². The summed E-state index contributed by atoms with van der Waals surface area (Å²) in [5, 5.41) is 3.07. The van der Waals surface area contributed by atoms with Crippen molar-refractivity contribution < 1.29 is 4.79 Å². The third-order valence-corrected chi connectivity index (χ3v) is 4.30. The highest BCUT2D eigenvalue weighted by molar-refractivity contribution is 9.10. The van der Waals surface area contributed by atoms with Crippen molar-refractivity contribution in [2.24, 2.45) is 0 Å². The molecule has 0 heterocycles. The number of carbonyl (C=O) groups is 1. The summed E-state index contributed by atoms with van der Waals surface area (Å²) in [4.78, 5) is 12.4. The number of rotatable bonds is 3. The molecule has 0 aliphatic heterocycles. The fraction of sp³-hybridized carbons (Fsp3) is 0.278. The van der Waals surface area contributed by atoms with Crippen LogP contribution in [0.3, 0.4) is 0 Å². The molecule has 0 spiro atoms. The van der Waals surface area contributed by atoms with Gasteiger partial charge in [-0.15, -0.1) is 0 Å². The van der Waals surface area contributed by atoms with Crippen LogP contribution in [0.2, 0.25) is 0 Å². The number of aryl methyl sites for hydroxylation is 3. The molecule has 0 fully saturated rings. The van der Waals surface area contributed by atoms with Gasteiger partial charge in [-0.25, -0.2) is 0 Å². The Balaban J connectivity index is 2.20. The third-order valence-electron chi connectivity index (χ3n) is 3.61. The molecule has 2 aromatic rings. The Morgan fingerprint density at radius 1 is 1.05 bits per heavy atom. The lowest BCUT2D eigenvalue weighted by Crippen LogP contribution is -2.27. The predicted octanol–water partition coefficient (Wildman–Crippen LogP) is 4.87. The molecule has 21 heavy (non-hydrogen) atoms. The molecular formula is C18H20BrNO. The lowest BCUT2D eigenvalue weighted by molar-refractivity contribution is 0.0939. The van der Waals surface area contributed by atoms with Crippen LogP contribution in [0.4, 0.5) is 0 Å². The summed E-state index contributed by atoms with van der Waals surface area (Å²) < 4.78 is 0.818. The van der Waals surface area contributed by atoms with E-state index in [0.717, 1.165) is 15.6 Å². The topological polar surface area (TPSA) is 29.1 Å². The predicted molar refractivity (Wildman–Crippen MR) is 90.7 cm³/mol. The van der Waals surface area contributed by atoms with Gasteiger partial charge in [0.25, 0.3) is 5.91 Å². The van der Waals surface area contributed by atoms with E-state index in [-0.39, 0.29) is 11.9 Å². The highest BCUT2D eigenvalue weighted by Crippen LogP contribution is 2.22. The SMILES string of the molecule is Cc1ccc(C(C)NC(=O)c2cc(C)ccc2Br)c(C)c1. The van der Waals surface area contributed by atoms with Crippen molar-refractivity contribution in [1.82, 2.24) is 5.32 Å². The standard InChI is InChI=1S/C18H20BrNO/c1-11-5-7-15(13(3)9-11)14(4)20-18(21)16-10-12(2)6-8-17(16)19/h5-10,14H,1-4H3,(H,20,21). The second-order valence-electron chi connectivity index (χ2n) is 5.54. The van der Waals surface area contributed by atoms with Crippen LogP contribution >= 0.6 is 15.9 Å². The van der Waals surface area contributed by atoms with Crippen LogP contribution in [-0.4, -0.2) is 5.91 Å². The number of benzene rings is 2. The van der Waals surface area contributed by atoms with Gasteiger partial charge >= 0.3 is 0 Å². The van der Waals surface area contributed by atoms with Gasteiger partial charge in [0.1, 0.15) is 0 Å². The van der Waals surface area contributed by atoms with Crippen molar-refractivity contribution in [2.75, 3.05) is 0 Å². The quantitative estimate of drug-likeness (QED) is 0.844. The zero-order valence-electron chi connectivity index (χ0n) is 12.8. The first-order chi connectivity index (χ1) is 9.88. The van der Waals surface area contributed by atoms with Crippen LogP contribution in [0.15, 0.2) is 40.9 Å². The molecule has 0 bridgehead atoms. The van der Waals surface area contributed by atoms with E-state index in [1.807, 2.05) is 32.0 Å².